The molecule has 118 valence electrons. The van der Waals surface area contributed by atoms with Gasteiger partial charge < -0.3 is 10.6 Å². The van der Waals surface area contributed by atoms with E-state index in [0.717, 1.165) is 18.4 Å². The first kappa shape index (κ1) is 16.1. The molecule has 2 unspecified atom stereocenters. The Kier molecular flexibility index (Phi) is 5.08. The summed E-state index contributed by atoms with van der Waals surface area (Å²) in [6, 6.07) is 3.81. The fraction of sp³-hybridized carbons (Fsp3) is 0.667. The quantitative estimate of drug-likeness (QED) is 0.929. The van der Waals surface area contributed by atoms with E-state index >= 15 is 0 Å². The standard InChI is InChI=1S/C15H22F3N3/c1-2-13(19)8-11-5-6-14(20-9-11)21-7-3-4-12(10-21)15(16,17)18/h5-6,9,12-13H,2-4,7-8,10,19H2,1H3. The molecule has 1 saturated heterocycles. The van der Waals surface area contributed by atoms with E-state index in [1.807, 2.05) is 13.0 Å². The predicted octanol–water partition coefficient (Wildman–Crippen LogP) is 3.14. The molecule has 3 nitrogen and oxygen atoms in total. The summed E-state index contributed by atoms with van der Waals surface area (Å²) in [5.41, 5.74) is 6.91. The van der Waals surface area contributed by atoms with E-state index in [1.165, 1.54) is 0 Å². The van der Waals surface area contributed by atoms with Crippen LogP contribution in [0.4, 0.5) is 19.0 Å². The van der Waals surface area contributed by atoms with Crippen molar-refractivity contribution in [3.8, 4) is 0 Å². The maximum absolute atomic E-state index is 12.8. The van der Waals surface area contributed by atoms with Gasteiger partial charge in [-0.05, 0) is 37.3 Å². The van der Waals surface area contributed by atoms with E-state index in [0.29, 0.717) is 18.8 Å². The van der Waals surface area contributed by atoms with E-state index in [2.05, 4.69) is 4.98 Å². The molecule has 0 aliphatic carbocycles. The van der Waals surface area contributed by atoms with Crippen LogP contribution in [0.5, 0.6) is 0 Å². The SMILES string of the molecule is CCC(N)Cc1ccc(N2CCCC(C(F)(F)F)C2)nc1. The zero-order valence-corrected chi connectivity index (χ0v) is 12.2. The zero-order chi connectivity index (χ0) is 15.5. The highest BCUT2D eigenvalue weighted by Gasteiger charge is 2.41. The smallest absolute Gasteiger partial charge is 0.356 e. The summed E-state index contributed by atoms with van der Waals surface area (Å²) in [5.74, 6) is -0.626. The molecule has 0 spiro atoms. The highest BCUT2D eigenvalue weighted by atomic mass is 19.4. The van der Waals surface area contributed by atoms with Crippen LogP contribution in [0.2, 0.25) is 0 Å². The average molecular weight is 301 g/mol. The van der Waals surface area contributed by atoms with Gasteiger partial charge in [-0.2, -0.15) is 13.2 Å². The number of nitrogens with zero attached hydrogens (tertiary/aromatic N) is 2. The molecule has 1 fully saturated rings. The monoisotopic (exact) mass is 301 g/mol. The number of piperidine rings is 1. The maximum Gasteiger partial charge on any atom is 0.393 e. The van der Waals surface area contributed by atoms with Gasteiger partial charge in [-0.3, -0.25) is 0 Å². The van der Waals surface area contributed by atoms with Gasteiger partial charge in [0.15, 0.2) is 0 Å². The number of hydrogen-bond donors (Lipinski definition) is 1. The van der Waals surface area contributed by atoms with Crippen molar-refractivity contribution in [2.24, 2.45) is 11.7 Å². The van der Waals surface area contributed by atoms with Gasteiger partial charge in [0.25, 0.3) is 0 Å². The molecule has 0 bridgehead atoms. The van der Waals surface area contributed by atoms with E-state index in [-0.39, 0.29) is 19.0 Å². The number of nitrogens with two attached hydrogens (primary N) is 1. The first-order valence-electron chi connectivity index (χ1n) is 7.42. The Morgan fingerprint density at radius 3 is 2.76 bits per heavy atom. The number of halogens is 3. The fourth-order valence-corrected chi connectivity index (χ4v) is 2.62. The van der Waals surface area contributed by atoms with Crippen LogP contribution in [-0.2, 0) is 6.42 Å². The largest absolute Gasteiger partial charge is 0.393 e. The summed E-state index contributed by atoms with van der Waals surface area (Å²) in [7, 11) is 0. The van der Waals surface area contributed by atoms with Crippen molar-refractivity contribution in [1.29, 1.82) is 0 Å². The van der Waals surface area contributed by atoms with E-state index in [1.54, 1.807) is 17.2 Å². The average Bonchev–Trinajstić information content (AvgIpc) is 2.47. The van der Waals surface area contributed by atoms with Gasteiger partial charge in [-0.25, -0.2) is 4.98 Å². The molecule has 2 N–H and O–H groups in total. The van der Waals surface area contributed by atoms with Crippen molar-refractivity contribution in [3.05, 3.63) is 23.9 Å². The molecule has 1 aromatic rings. The van der Waals surface area contributed by atoms with E-state index in [4.69, 9.17) is 5.73 Å². The molecule has 0 saturated carbocycles. The fourth-order valence-electron chi connectivity index (χ4n) is 2.62. The lowest BCUT2D eigenvalue weighted by molar-refractivity contribution is -0.176. The molecule has 21 heavy (non-hydrogen) atoms. The Labute approximate surface area is 123 Å². The lowest BCUT2D eigenvalue weighted by atomic mass is 9.97. The maximum atomic E-state index is 12.8. The molecule has 1 aromatic heterocycles. The number of anilines is 1. The Morgan fingerprint density at radius 1 is 1.43 bits per heavy atom. The summed E-state index contributed by atoms with van der Waals surface area (Å²) in [6.07, 6.45) is 0.00239. The van der Waals surface area contributed by atoms with Crippen molar-refractivity contribution in [2.75, 3.05) is 18.0 Å². The minimum absolute atomic E-state index is 0.00429. The molecule has 2 atom stereocenters. The Bertz CT molecular complexity index is 444. The number of alkyl halides is 3. The van der Waals surface area contributed by atoms with Crippen molar-refractivity contribution in [3.63, 3.8) is 0 Å². The molecule has 2 rings (SSSR count). The lowest BCUT2D eigenvalue weighted by Crippen LogP contribution is -2.42. The highest BCUT2D eigenvalue weighted by Crippen LogP contribution is 2.34. The molecule has 0 aromatic carbocycles. The zero-order valence-electron chi connectivity index (χ0n) is 12.2. The van der Waals surface area contributed by atoms with Crippen LogP contribution in [0.25, 0.3) is 0 Å². The summed E-state index contributed by atoms with van der Waals surface area (Å²) in [5, 5.41) is 0. The van der Waals surface area contributed by atoms with Crippen LogP contribution in [0.3, 0.4) is 0 Å². The molecule has 1 aliphatic rings. The lowest BCUT2D eigenvalue weighted by Gasteiger charge is -2.34. The summed E-state index contributed by atoms with van der Waals surface area (Å²) in [6.45, 7) is 2.66. The van der Waals surface area contributed by atoms with Crippen molar-refractivity contribution in [2.45, 2.75) is 44.8 Å². The van der Waals surface area contributed by atoms with Crippen LogP contribution >= 0.6 is 0 Å². The molecule has 6 heteroatoms. The summed E-state index contributed by atoms with van der Waals surface area (Å²) in [4.78, 5) is 6.04. The van der Waals surface area contributed by atoms with Gasteiger partial charge in [-0.15, -0.1) is 0 Å². The first-order chi connectivity index (χ1) is 9.90. The number of hydrogen-bond acceptors (Lipinski definition) is 3. The van der Waals surface area contributed by atoms with Crippen LogP contribution in [-0.4, -0.2) is 30.3 Å². The third-order valence-electron chi connectivity index (χ3n) is 4.04. The second kappa shape index (κ2) is 6.64. The molecule has 0 amide bonds. The topological polar surface area (TPSA) is 42.1 Å². The second-order valence-corrected chi connectivity index (χ2v) is 5.72. The van der Waals surface area contributed by atoms with Gasteiger partial charge in [0.1, 0.15) is 5.82 Å². The van der Waals surface area contributed by atoms with Crippen LogP contribution in [0.1, 0.15) is 31.7 Å². The van der Waals surface area contributed by atoms with Gasteiger partial charge in [0, 0.05) is 25.3 Å². The Morgan fingerprint density at radius 2 is 2.19 bits per heavy atom. The number of rotatable bonds is 4. The van der Waals surface area contributed by atoms with Crippen molar-refractivity contribution in [1.82, 2.24) is 4.98 Å². The van der Waals surface area contributed by atoms with Crippen LogP contribution < -0.4 is 10.6 Å². The van der Waals surface area contributed by atoms with Crippen molar-refractivity contribution < 1.29 is 13.2 Å². The highest BCUT2D eigenvalue weighted by molar-refractivity contribution is 5.40. The molecule has 0 radical (unpaired) electrons. The molecular formula is C15H22F3N3. The van der Waals surface area contributed by atoms with Crippen molar-refractivity contribution >= 4 is 5.82 Å². The normalized spacial score (nSPS) is 21.4. The Balaban J connectivity index is 2.01. The van der Waals surface area contributed by atoms with Gasteiger partial charge in [0.2, 0.25) is 0 Å². The second-order valence-electron chi connectivity index (χ2n) is 5.72. The van der Waals surface area contributed by atoms with Gasteiger partial charge in [-0.1, -0.05) is 13.0 Å². The minimum atomic E-state index is -4.12. The summed E-state index contributed by atoms with van der Waals surface area (Å²) < 4.78 is 38.4. The van der Waals surface area contributed by atoms with Gasteiger partial charge in [0.05, 0.1) is 5.92 Å². The Hall–Kier alpha value is -1.30. The van der Waals surface area contributed by atoms with Crippen LogP contribution in [0, 0.1) is 5.92 Å². The third-order valence-corrected chi connectivity index (χ3v) is 4.04. The number of aromatic nitrogens is 1. The first-order valence-corrected chi connectivity index (χ1v) is 7.42. The summed E-state index contributed by atoms with van der Waals surface area (Å²) >= 11 is 0. The molecule has 2 heterocycles. The van der Waals surface area contributed by atoms with E-state index < -0.39 is 12.1 Å². The third kappa shape index (κ3) is 4.33. The molecular weight excluding hydrogens is 279 g/mol. The van der Waals surface area contributed by atoms with E-state index in [9.17, 15) is 13.2 Å². The van der Waals surface area contributed by atoms with Gasteiger partial charge >= 0.3 is 6.18 Å². The number of pyridine rings is 1. The minimum Gasteiger partial charge on any atom is -0.356 e. The van der Waals surface area contributed by atoms with Crippen LogP contribution in [0.15, 0.2) is 18.3 Å². The predicted molar refractivity (Wildman–Crippen MR) is 77.2 cm³/mol. The molecule has 1 aliphatic heterocycles.